The molecule has 2 heterocycles. The third kappa shape index (κ3) is 3.64. The highest BCUT2D eigenvalue weighted by molar-refractivity contribution is 7.91. The van der Waals surface area contributed by atoms with Gasteiger partial charge in [0.05, 0.1) is 17.1 Å². The lowest BCUT2D eigenvalue weighted by atomic mass is 9.98. The van der Waals surface area contributed by atoms with E-state index in [0.29, 0.717) is 29.4 Å². The Morgan fingerprint density at radius 1 is 1.17 bits per heavy atom. The molecule has 1 N–H and O–H groups in total. The molecule has 0 radical (unpaired) electrons. The van der Waals surface area contributed by atoms with Gasteiger partial charge in [-0.25, -0.2) is 8.42 Å². The molecular weight excluding hydrogens is 324 g/mol. The first-order valence-corrected chi connectivity index (χ1v) is 10.4. The number of sulfone groups is 1. The largest absolute Gasteiger partial charge is 0.342 e. The molecule has 1 aromatic rings. The van der Waals surface area contributed by atoms with Crippen LogP contribution in [0.5, 0.6) is 0 Å². The summed E-state index contributed by atoms with van der Waals surface area (Å²) in [7, 11) is -1.29. The van der Waals surface area contributed by atoms with Gasteiger partial charge in [-0.1, -0.05) is 19.1 Å². The summed E-state index contributed by atoms with van der Waals surface area (Å²) in [5.41, 5.74) is 0.860. The van der Waals surface area contributed by atoms with Crippen LogP contribution in [0.3, 0.4) is 0 Å². The van der Waals surface area contributed by atoms with Crippen molar-refractivity contribution in [3.05, 3.63) is 29.8 Å². The Balaban J connectivity index is 1.62. The fraction of sp³-hybridized carbons (Fsp3) is 0.611. The van der Waals surface area contributed by atoms with Crippen molar-refractivity contribution in [1.29, 1.82) is 0 Å². The van der Waals surface area contributed by atoms with Gasteiger partial charge >= 0.3 is 0 Å². The minimum absolute atomic E-state index is 0.0893. The molecule has 0 saturated carbocycles. The second-order valence-electron chi connectivity index (χ2n) is 6.99. The molecule has 132 valence electrons. The second-order valence-corrected chi connectivity index (χ2v) is 9.27. The van der Waals surface area contributed by atoms with E-state index in [2.05, 4.69) is 5.32 Å². The molecule has 2 bridgehead atoms. The van der Waals surface area contributed by atoms with Crippen molar-refractivity contribution in [3.63, 3.8) is 0 Å². The number of carbonyl (C=O) groups is 1. The van der Waals surface area contributed by atoms with Crippen molar-refractivity contribution in [3.8, 4) is 0 Å². The highest BCUT2D eigenvalue weighted by Gasteiger charge is 2.36. The van der Waals surface area contributed by atoms with Crippen molar-refractivity contribution < 1.29 is 13.2 Å². The van der Waals surface area contributed by atoms with Crippen LogP contribution < -0.4 is 5.32 Å². The molecule has 0 aromatic heterocycles. The number of likely N-dealkylation sites (N-methyl/N-ethyl adjacent to an activating group) is 1. The fourth-order valence-electron chi connectivity index (χ4n) is 3.83. The van der Waals surface area contributed by atoms with Crippen LogP contribution >= 0.6 is 0 Å². The lowest BCUT2D eigenvalue weighted by Crippen LogP contribution is -2.49. The summed E-state index contributed by atoms with van der Waals surface area (Å²) in [6.07, 6.45) is 4.83. The molecule has 6 heteroatoms. The number of amides is 1. The number of fused-ring (bicyclic) bond motifs is 2. The van der Waals surface area contributed by atoms with Crippen molar-refractivity contribution in [1.82, 2.24) is 10.2 Å². The van der Waals surface area contributed by atoms with E-state index >= 15 is 0 Å². The van der Waals surface area contributed by atoms with Crippen LogP contribution in [0.25, 0.3) is 0 Å². The number of hydrogen-bond donors (Lipinski definition) is 1. The first-order valence-electron chi connectivity index (χ1n) is 8.72. The minimum atomic E-state index is -3.18. The Bertz CT molecular complexity index is 687. The number of benzene rings is 1. The van der Waals surface area contributed by atoms with Gasteiger partial charge in [-0.3, -0.25) is 4.79 Å². The maximum absolute atomic E-state index is 12.6. The average Bonchev–Trinajstić information content (AvgIpc) is 2.92. The van der Waals surface area contributed by atoms with Gasteiger partial charge < -0.3 is 10.2 Å². The van der Waals surface area contributed by atoms with E-state index in [1.165, 1.54) is 12.8 Å². The summed E-state index contributed by atoms with van der Waals surface area (Å²) < 4.78 is 23.7. The molecule has 2 fully saturated rings. The number of rotatable bonds is 5. The van der Waals surface area contributed by atoms with Crippen molar-refractivity contribution in [2.45, 2.75) is 62.0 Å². The Kier molecular flexibility index (Phi) is 4.97. The number of nitrogens with zero attached hydrogens (tertiary/aromatic N) is 1. The van der Waals surface area contributed by atoms with E-state index in [9.17, 15) is 13.2 Å². The Morgan fingerprint density at radius 3 is 2.29 bits per heavy atom. The van der Waals surface area contributed by atoms with Crippen LogP contribution in [-0.2, 0) is 21.1 Å². The summed E-state index contributed by atoms with van der Waals surface area (Å²) in [5.74, 6) is 0.193. The molecule has 2 aliphatic rings. The zero-order valence-corrected chi connectivity index (χ0v) is 15.2. The summed E-state index contributed by atoms with van der Waals surface area (Å²) in [6, 6.07) is 8.14. The predicted octanol–water partition coefficient (Wildman–Crippen LogP) is 1.76. The Hall–Kier alpha value is -1.40. The smallest absolute Gasteiger partial charge is 0.226 e. The van der Waals surface area contributed by atoms with Gasteiger partial charge in [-0.2, -0.15) is 0 Å². The normalized spacial score (nSPS) is 26.3. The summed E-state index contributed by atoms with van der Waals surface area (Å²) in [4.78, 5) is 14.8. The van der Waals surface area contributed by atoms with E-state index in [0.717, 1.165) is 18.4 Å². The van der Waals surface area contributed by atoms with E-state index < -0.39 is 9.84 Å². The predicted molar refractivity (Wildman–Crippen MR) is 93.6 cm³/mol. The average molecular weight is 350 g/mol. The fourth-order valence-corrected chi connectivity index (χ4v) is 4.71. The molecule has 2 atom stereocenters. The summed E-state index contributed by atoms with van der Waals surface area (Å²) in [5, 5.41) is 3.59. The molecule has 2 unspecified atom stereocenters. The van der Waals surface area contributed by atoms with Gasteiger partial charge in [0, 0.05) is 25.2 Å². The van der Waals surface area contributed by atoms with Gasteiger partial charge in [-0.05, 0) is 43.4 Å². The molecule has 3 rings (SSSR count). The van der Waals surface area contributed by atoms with Gasteiger partial charge in [0.1, 0.15) is 0 Å². The molecule has 2 saturated heterocycles. The van der Waals surface area contributed by atoms with Crippen LogP contribution in [0.4, 0.5) is 0 Å². The summed E-state index contributed by atoms with van der Waals surface area (Å²) >= 11 is 0. The Morgan fingerprint density at radius 2 is 1.75 bits per heavy atom. The van der Waals surface area contributed by atoms with Crippen LogP contribution in [0, 0.1) is 0 Å². The second kappa shape index (κ2) is 6.84. The lowest BCUT2D eigenvalue weighted by Gasteiger charge is -2.35. The highest BCUT2D eigenvalue weighted by Crippen LogP contribution is 2.29. The van der Waals surface area contributed by atoms with Crippen molar-refractivity contribution in [2.24, 2.45) is 0 Å². The quantitative estimate of drug-likeness (QED) is 0.879. The SMILES string of the molecule is CCS(=O)(=O)c1ccc(CC(=O)N(C)C2CC3CCC(C2)N3)cc1. The molecule has 24 heavy (non-hydrogen) atoms. The van der Waals surface area contributed by atoms with E-state index in [1.54, 1.807) is 31.2 Å². The molecule has 0 spiro atoms. The number of hydrogen-bond acceptors (Lipinski definition) is 4. The topological polar surface area (TPSA) is 66.5 Å². The van der Waals surface area contributed by atoms with Crippen molar-refractivity contribution in [2.75, 3.05) is 12.8 Å². The minimum Gasteiger partial charge on any atom is -0.342 e. The van der Waals surface area contributed by atoms with Crippen LogP contribution in [0.2, 0.25) is 0 Å². The molecule has 1 amide bonds. The van der Waals surface area contributed by atoms with E-state index in [1.807, 2.05) is 11.9 Å². The lowest BCUT2D eigenvalue weighted by molar-refractivity contribution is -0.131. The third-order valence-corrected chi connectivity index (χ3v) is 7.16. The van der Waals surface area contributed by atoms with Crippen LogP contribution in [-0.4, -0.2) is 50.2 Å². The monoisotopic (exact) mass is 350 g/mol. The third-order valence-electron chi connectivity index (χ3n) is 5.41. The van der Waals surface area contributed by atoms with E-state index in [4.69, 9.17) is 0 Å². The number of nitrogens with one attached hydrogen (secondary N) is 1. The first-order chi connectivity index (χ1) is 11.4. The van der Waals surface area contributed by atoms with Crippen LogP contribution in [0.15, 0.2) is 29.2 Å². The Labute approximate surface area is 144 Å². The van der Waals surface area contributed by atoms with Gasteiger partial charge in [-0.15, -0.1) is 0 Å². The zero-order valence-electron chi connectivity index (χ0n) is 14.4. The summed E-state index contributed by atoms with van der Waals surface area (Å²) in [6.45, 7) is 1.63. The molecule has 2 aliphatic heterocycles. The zero-order chi connectivity index (χ0) is 17.3. The standard InChI is InChI=1S/C18H26N2O3S/c1-3-24(22,23)17-8-4-13(5-9-17)10-18(21)20(2)16-11-14-6-7-15(12-16)19-14/h4-5,8-9,14-16,19H,3,6-7,10-12H2,1-2H3. The molecule has 5 nitrogen and oxygen atoms in total. The molecule has 0 aliphatic carbocycles. The maximum atomic E-state index is 12.6. The van der Waals surface area contributed by atoms with Crippen molar-refractivity contribution >= 4 is 15.7 Å². The van der Waals surface area contributed by atoms with Gasteiger partial charge in [0.15, 0.2) is 9.84 Å². The van der Waals surface area contributed by atoms with E-state index in [-0.39, 0.29) is 11.7 Å². The highest BCUT2D eigenvalue weighted by atomic mass is 32.2. The van der Waals surface area contributed by atoms with Gasteiger partial charge in [0.25, 0.3) is 0 Å². The first kappa shape index (κ1) is 17.4. The number of piperidine rings is 1. The maximum Gasteiger partial charge on any atom is 0.226 e. The van der Waals surface area contributed by atoms with Crippen LogP contribution in [0.1, 0.15) is 38.2 Å². The van der Waals surface area contributed by atoms with Gasteiger partial charge in [0.2, 0.25) is 5.91 Å². The number of carbonyl (C=O) groups excluding carboxylic acids is 1. The molecular formula is C18H26N2O3S. The molecule has 1 aromatic carbocycles.